The van der Waals surface area contributed by atoms with Gasteiger partial charge in [0.05, 0.1) is 0 Å². The van der Waals surface area contributed by atoms with Gasteiger partial charge in [0.1, 0.15) is 0 Å². The van der Waals surface area contributed by atoms with Crippen molar-refractivity contribution in [2.75, 3.05) is 19.0 Å². The maximum atomic E-state index is 6.37. The second-order valence-electron chi connectivity index (χ2n) is 8.13. The van der Waals surface area contributed by atoms with Gasteiger partial charge in [0.25, 0.3) is 0 Å². The Morgan fingerprint density at radius 3 is 1.96 bits per heavy atom. The average Bonchev–Trinajstić information content (AvgIpc) is 2.68. The zero-order chi connectivity index (χ0) is 18.2. The Labute approximate surface area is 181 Å². The predicted molar refractivity (Wildman–Crippen MR) is 115 cm³/mol. The molecule has 0 N–H and O–H groups in total. The van der Waals surface area contributed by atoms with E-state index in [1.54, 1.807) is 0 Å². The van der Waals surface area contributed by atoms with E-state index in [1.807, 2.05) is 0 Å². The van der Waals surface area contributed by atoms with Crippen LogP contribution in [0.3, 0.4) is 0 Å². The van der Waals surface area contributed by atoms with Gasteiger partial charge in [-0.3, -0.25) is 0 Å². The summed E-state index contributed by atoms with van der Waals surface area (Å²) >= 11 is -0.608. The van der Waals surface area contributed by atoms with E-state index in [-0.39, 0.29) is 30.2 Å². The van der Waals surface area contributed by atoms with Crippen LogP contribution >= 0.6 is 24.8 Å². The van der Waals surface area contributed by atoms with Crippen LogP contribution in [0.25, 0.3) is 0 Å². The van der Waals surface area contributed by atoms with Gasteiger partial charge in [0, 0.05) is 0 Å². The van der Waals surface area contributed by atoms with Crippen LogP contribution in [0.1, 0.15) is 54.0 Å². The van der Waals surface area contributed by atoms with Crippen LogP contribution in [0, 0.1) is 5.92 Å². The molecule has 0 aromatic heterocycles. The fourth-order valence-corrected chi connectivity index (χ4v) is 4.66. The summed E-state index contributed by atoms with van der Waals surface area (Å²) in [4.78, 5) is 2.15. The molecule has 1 aliphatic rings. The Morgan fingerprint density at radius 1 is 0.962 bits per heavy atom. The summed E-state index contributed by atoms with van der Waals surface area (Å²) in [7, 11) is 4.17. The maximum Gasteiger partial charge on any atom is -0.147 e. The molecule has 5 heteroatoms. The number of allylic oxidation sites excluding steroid dienone is 4. The Morgan fingerprint density at radius 2 is 1.54 bits per heavy atom. The van der Waals surface area contributed by atoms with Crippen LogP contribution in [-0.4, -0.2) is 14.1 Å². The molecule has 0 aliphatic heterocycles. The van der Waals surface area contributed by atoms with Crippen molar-refractivity contribution in [2.24, 2.45) is 5.92 Å². The summed E-state index contributed by atoms with van der Waals surface area (Å²) in [6, 6.07) is 6.66. The molecule has 2 rings (SSSR count). The van der Waals surface area contributed by atoms with Crippen molar-refractivity contribution in [3.63, 3.8) is 0 Å². The van der Waals surface area contributed by atoms with E-state index in [4.69, 9.17) is 3.32 Å². The number of rotatable bonds is 4. The number of benzene rings is 1. The largest absolute Gasteiger partial charge is 0.147 e. The molecule has 26 heavy (non-hydrogen) atoms. The molecule has 0 saturated carbocycles. The summed E-state index contributed by atoms with van der Waals surface area (Å²) in [5.74, 6) is 1.56. The molecule has 0 spiro atoms. The van der Waals surface area contributed by atoms with Crippen LogP contribution in [0.4, 0.5) is 5.69 Å². The number of halogens is 2. The second-order valence-corrected chi connectivity index (χ2v) is 9.61. The minimum Gasteiger partial charge on any atom is -0.147 e. The molecule has 1 atom stereocenters. The van der Waals surface area contributed by atoms with E-state index in [1.165, 1.54) is 31.8 Å². The van der Waals surface area contributed by atoms with Crippen molar-refractivity contribution in [1.29, 1.82) is 0 Å². The average molecular weight is 434 g/mol. The van der Waals surface area contributed by atoms with Crippen molar-refractivity contribution < 1.29 is 22.9 Å². The fourth-order valence-electron chi connectivity index (χ4n) is 2.98. The van der Waals surface area contributed by atoms with E-state index in [0.29, 0.717) is 5.92 Å². The molecule has 0 heterocycles. The zero-order valence-electron chi connectivity index (χ0n) is 17.5. The monoisotopic (exact) mass is 433 g/mol. The molecule has 2 nitrogen and oxygen atoms in total. The standard InChI is InChI=1S/C12H19NO.C9H13.2ClH.Ti/c1-12(2,3)9-6-10(13(4)5)8-11(14)7-9;1-6-5-7(2)9(4)8(6)3;;;/h6-8,14H,1-5H3;6H,1-4H3;2*1H;/q;;;;+1/p-1. The molecule has 0 radical (unpaired) electrons. The molecule has 1 aromatic rings. The Balaban J connectivity index is 0.00000312. The van der Waals surface area contributed by atoms with Gasteiger partial charge in [-0.2, -0.15) is 0 Å². The second kappa shape index (κ2) is 9.69. The van der Waals surface area contributed by atoms with Crippen LogP contribution in [-0.2, 0) is 25.0 Å². The van der Waals surface area contributed by atoms with Crippen LogP contribution in [0.2, 0.25) is 0 Å². The first-order chi connectivity index (χ1) is 11.0. The van der Waals surface area contributed by atoms with Gasteiger partial charge in [-0.15, -0.1) is 24.8 Å². The first-order valence-electron chi connectivity index (χ1n) is 8.66. The molecule has 1 aromatic carbocycles. The Bertz CT molecular complexity index is 702. The summed E-state index contributed by atoms with van der Waals surface area (Å²) in [5.41, 5.74) is 7.08. The van der Waals surface area contributed by atoms with E-state index in [2.05, 4.69) is 85.7 Å². The smallest absolute Gasteiger partial charge is 0.147 e. The SMILES string of the molecule is CC1=C(C)C(C)[C]([Ti][O]c2cc(N(C)C)cc(C(C)(C)C)c2)=C1C.Cl.Cl. The molecule has 0 fully saturated rings. The molecule has 1 unspecified atom stereocenters. The van der Waals surface area contributed by atoms with Gasteiger partial charge in [-0.1, -0.05) is 0 Å². The van der Waals surface area contributed by atoms with Gasteiger partial charge >= 0.3 is 157 Å². The molecular weight excluding hydrogens is 401 g/mol. The van der Waals surface area contributed by atoms with Crippen molar-refractivity contribution in [3.05, 3.63) is 44.4 Å². The number of nitrogens with zero attached hydrogens (tertiary/aromatic N) is 1. The van der Waals surface area contributed by atoms with Crippen molar-refractivity contribution in [3.8, 4) is 5.75 Å². The molecule has 146 valence electrons. The van der Waals surface area contributed by atoms with Gasteiger partial charge in [0.2, 0.25) is 0 Å². The normalized spacial score (nSPS) is 16.9. The van der Waals surface area contributed by atoms with E-state index in [0.717, 1.165) is 5.75 Å². The topological polar surface area (TPSA) is 12.5 Å². The Kier molecular flexibility index (Phi) is 9.54. The van der Waals surface area contributed by atoms with Crippen molar-refractivity contribution in [2.45, 2.75) is 53.9 Å². The first kappa shape index (κ1) is 25.6. The summed E-state index contributed by atoms with van der Waals surface area (Å²) in [6.45, 7) is 15.8. The van der Waals surface area contributed by atoms with Crippen molar-refractivity contribution >= 4 is 30.5 Å². The minimum atomic E-state index is -0.608. The third-order valence-electron chi connectivity index (χ3n) is 5.19. The van der Waals surface area contributed by atoms with Crippen LogP contribution in [0.15, 0.2) is 38.8 Å². The predicted octanol–water partition coefficient (Wildman–Crippen LogP) is 6.53. The zero-order valence-corrected chi connectivity index (χ0v) is 20.7. The van der Waals surface area contributed by atoms with Crippen LogP contribution < -0.4 is 8.22 Å². The fraction of sp³-hybridized carbons (Fsp3) is 0.524. The van der Waals surface area contributed by atoms with E-state index < -0.39 is 19.5 Å². The molecular formula is C21H33Cl2NOTi. The molecule has 0 bridgehead atoms. The van der Waals surface area contributed by atoms with Gasteiger partial charge in [-0.25, -0.2) is 0 Å². The minimum absolute atomic E-state index is 0. The maximum absolute atomic E-state index is 6.37. The summed E-state index contributed by atoms with van der Waals surface area (Å²) in [6.07, 6.45) is 0. The quantitative estimate of drug-likeness (QED) is 0.500. The van der Waals surface area contributed by atoms with Gasteiger partial charge < -0.3 is 0 Å². The summed E-state index contributed by atoms with van der Waals surface area (Å²) < 4.78 is 7.91. The van der Waals surface area contributed by atoms with E-state index in [9.17, 15) is 0 Å². The summed E-state index contributed by atoms with van der Waals surface area (Å²) in [5, 5.41) is 0. The van der Waals surface area contributed by atoms with Crippen LogP contribution in [0.5, 0.6) is 5.75 Å². The third-order valence-corrected chi connectivity index (χ3v) is 7.33. The molecule has 0 amide bonds. The number of hydrogen-bond acceptors (Lipinski definition) is 2. The third kappa shape index (κ3) is 5.55. The van der Waals surface area contributed by atoms with Gasteiger partial charge in [0.15, 0.2) is 0 Å². The Hall–Kier alpha value is -0.406. The first-order valence-corrected chi connectivity index (χ1v) is 10.1. The van der Waals surface area contributed by atoms with E-state index >= 15 is 0 Å². The van der Waals surface area contributed by atoms with Crippen molar-refractivity contribution in [1.82, 2.24) is 0 Å². The molecule has 1 aliphatic carbocycles. The number of hydrogen-bond donors (Lipinski definition) is 0. The van der Waals surface area contributed by atoms with Gasteiger partial charge in [-0.05, 0) is 0 Å². The molecule has 0 saturated heterocycles. The number of anilines is 1.